The molecular weight excluding hydrogens is 263 g/mol. The number of benzene rings is 1. The predicted molar refractivity (Wildman–Crippen MR) is 66.8 cm³/mol. The van der Waals surface area contributed by atoms with E-state index >= 15 is 0 Å². The van der Waals surface area contributed by atoms with Crippen molar-refractivity contribution in [3.63, 3.8) is 0 Å². The summed E-state index contributed by atoms with van der Waals surface area (Å²) in [6.07, 6.45) is -2.89. The number of hydrogen-bond donors (Lipinski definition) is 1. The first-order valence-electron chi connectivity index (χ1n) is 5.48. The summed E-state index contributed by atoms with van der Waals surface area (Å²) < 4.78 is 49.9. The van der Waals surface area contributed by atoms with Gasteiger partial charge in [0.1, 0.15) is 6.04 Å². The van der Waals surface area contributed by atoms with Crippen LogP contribution in [-0.4, -0.2) is 28.4 Å². The fourth-order valence-corrected chi connectivity index (χ4v) is 2.51. The van der Waals surface area contributed by atoms with Crippen LogP contribution in [0, 0.1) is 0 Å². The standard InChI is InChI=1S/C12H16F3NOS/c1-9(8-18(2)17)16-11(12(13,14)15)10-6-4-3-5-7-10/h3-7,9,11,16H,8H2,1-2H3. The van der Waals surface area contributed by atoms with Gasteiger partial charge in [0.05, 0.1) is 0 Å². The van der Waals surface area contributed by atoms with E-state index in [2.05, 4.69) is 5.32 Å². The second-order valence-corrected chi connectivity index (χ2v) is 5.67. The maximum absolute atomic E-state index is 13.0. The molecule has 0 radical (unpaired) electrons. The maximum atomic E-state index is 13.0. The van der Waals surface area contributed by atoms with Crippen LogP contribution in [-0.2, 0) is 10.8 Å². The van der Waals surface area contributed by atoms with E-state index in [9.17, 15) is 17.4 Å². The predicted octanol–water partition coefficient (Wildman–Crippen LogP) is 2.65. The highest BCUT2D eigenvalue weighted by Crippen LogP contribution is 2.32. The fraction of sp³-hybridized carbons (Fsp3) is 0.500. The van der Waals surface area contributed by atoms with Crippen LogP contribution in [0.3, 0.4) is 0 Å². The number of hydrogen-bond acceptors (Lipinski definition) is 2. The molecule has 3 unspecified atom stereocenters. The number of nitrogens with one attached hydrogen (secondary N) is 1. The third-order valence-corrected chi connectivity index (χ3v) is 3.37. The molecule has 1 rings (SSSR count). The summed E-state index contributed by atoms with van der Waals surface area (Å²) in [6, 6.07) is 5.47. The molecule has 0 saturated carbocycles. The van der Waals surface area contributed by atoms with Crippen molar-refractivity contribution in [2.75, 3.05) is 12.0 Å². The third kappa shape index (κ3) is 4.78. The van der Waals surface area contributed by atoms with E-state index in [-0.39, 0.29) is 11.3 Å². The Bertz CT molecular complexity index is 394. The Labute approximate surface area is 107 Å². The lowest BCUT2D eigenvalue weighted by Crippen LogP contribution is -2.41. The molecule has 1 aromatic rings. The van der Waals surface area contributed by atoms with E-state index in [1.54, 1.807) is 25.1 Å². The van der Waals surface area contributed by atoms with Gasteiger partial charge in [-0.2, -0.15) is 13.2 Å². The molecule has 3 atom stereocenters. The van der Waals surface area contributed by atoms with E-state index in [4.69, 9.17) is 0 Å². The Morgan fingerprint density at radius 2 is 1.83 bits per heavy atom. The van der Waals surface area contributed by atoms with Crippen LogP contribution in [0.5, 0.6) is 0 Å². The molecule has 0 aliphatic carbocycles. The molecule has 1 N–H and O–H groups in total. The molecule has 0 amide bonds. The third-order valence-electron chi connectivity index (χ3n) is 2.40. The quantitative estimate of drug-likeness (QED) is 0.897. The average Bonchev–Trinajstić information content (AvgIpc) is 2.24. The van der Waals surface area contributed by atoms with Gasteiger partial charge in [-0.25, -0.2) is 0 Å². The summed E-state index contributed by atoms with van der Waals surface area (Å²) >= 11 is 0. The second kappa shape index (κ2) is 6.33. The van der Waals surface area contributed by atoms with Crippen LogP contribution in [0.4, 0.5) is 13.2 Å². The highest BCUT2D eigenvalue weighted by atomic mass is 32.2. The smallest absolute Gasteiger partial charge is 0.299 e. The van der Waals surface area contributed by atoms with Gasteiger partial charge in [0.25, 0.3) is 0 Å². The highest BCUT2D eigenvalue weighted by Gasteiger charge is 2.41. The minimum absolute atomic E-state index is 0.165. The molecule has 102 valence electrons. The summed E-state index contributed by atoms with van der Waals surface area (Å²) in [6.45, 7) is 1.60. The van der Waals surface area contributed by atoms with E-state index < -0.39 is 29.1 Å². The highest BCUT2D eigenvalue weighted by molar-refractivity contribution is 7.84. The van der Waals surface area contributed by atoms with Crippen molar-refractivity contribution in [2.45, 2.75) is 25.2 Å². The molecule has 18 heavy (non-hydrogen) atoms. The van der Waals surface area contributed by atoms with Crippen molar-refractivity contribution in [3.8, 4) is 0 Å². The number of rotatable bonds is 5. The number of alkyl halides is 3. The molecule has 0 aromatic heterocycles. The van der Waals surface area contributed by atoms with Crippen LogP contribution in [0.25, 0.3) is 0 Å². The summed E-state index contributed by atoms with van der Waals surface area (Å²) in [7, 11) is -1.13. The van der Waals surface area contributed by atoms with Crippen molar-refractivity contribution in [1.29, 1.82) is 0 Å². The van der Waals surface area contributed by atoms with E-state index in [0.29, 0.717) is 0 Å². The molecular formula is C12H16F3NOS. The minimum atomic E-state index is -4.37. The first-order valence-corrected chi connectivity index (χ1v) is 7.21. The normalized spacial score (nSPS) is 17.2. The largest absolute Gasteiger partial charge is 0.407 e. The van der Waals surface area contributed by atoms with Crippen molar-refractivity contribution in [1.82, 2.24) is 5.32 Å². The zero-order chi connectivity index (χ0) is 13.8. The van der Waals surface area contributed by atoms with Crippen LogP contribution in [0.2, 0.25) is 0 Å². The molecule has 0 aliphatic heterocycles. The van der Waals surface area contributed by atoms with Gasteiger partial charge in [-0.15, -0.1) is 0 Å². The number of halogens is 3. The SMILES string of the molecule is CC(CS(C)=O)NC(c1ccccc1)C(F)(F)F. The van der Waals surface area contributed by atoms with Gasteiger partial charge in [-0.05, 0) is 12.5 Å². The molecule has 0 saturated heterocycles. The molecule has 0 bridgehead atoms. The Kier molecular flexibility index (Phi) is 5.34. The van der Waals surface area contributed by atoms with Crippen LogP contribution < -0.4 is 5.32 Å². The van der Waals surface area contributed by atoms with E-state index in [1.807, 2.05) is 0 Å². The van der Waals surface area contributed by atoms with Gasteiger partial charge in [0, 0.05) is 28.9 Å². The van der Waals surface area contributed by atoms with E-state index in [0.717, 1.165) is 0 Å². The first kappa shape index (κ1) is 15.2. The average molecular weight is 279 g/mol. The van der Waals surface area contributed by atoms with Crippen molar-refractivity contribution in [3.05, 3.63) is 35.9 Å². The van der Waals surface area contributed by atoms with Crippen molar-refractivity contribution < 1.29 is 17.4 Å². The molecule has 2 nitrogen and oxygen atoms in total. The van der Waals surface area contributed by atoms with Gasteiger partial charge in [-0.3, -0.25) is 9.53 Å². The molecule has 0 heterocycles. The Morgan fingerprint density at radius 3 is 2.28 bits per heavy atom. The van der Waals surface area contributed by atoms with E-state index in [1.165, 1.54) is 18.4 Å². The zero-order valence-electron chi connectivity index (χ0n) is 10.2. The molecule has 1 aromatic carbocycles. The lowest BCUT2D eigenvalue weighted by Gasteiger charge is -2.25. The summed E-state index contributed by atoms with van der Waals surface area (Å²) in [5.74, 6) is 0.194. The van der Waals surface area contributed by atoms with Crippen molar-refractivity contribution in [2.24, 2.45) is 0 Å². The Balaban J connectivity index is 2.84. The minimum Gasteiger partial charge on any atom is -0.299 e. The van der Waals surface area contributed by atoms with Crippen molar-refractivity contribution >= 4 is 10.8 Å². The summed E-state index contributed by atoms with van der Waals surface area (Å²) in [4.78, 5) is 0. The maximum Gasteiger partial charge on any atom is 0.407 e. The van der Waals surface area contributed by atoms with Crippen LogP contribution in [0.15, 0.2) is 30.3 Å². The molecule has 0 fully saturated rings. The Hall–Kier alpha value is -0.880. The lowest BCUT2D eigenvalue weighted by atomic mass is 10.1. The van der Waals surface area contributed by atoms with Gasteiger partial charge < -0.3 is 0 Å². The topological polar surface area (TPSA) is 29.1 Å². The lowest BCUT2D eigenvalue weighted by molar-refractivity contribution is -0.159. The zero-order valence-corrected chi connectivity index (χ0v) is 11.0. The van der Waals surface area contributed by atoms with Crippen LogP contribution >= 0.6 is 0 Å². The van der Waals surface area contributed by atoms with Gasteiger partial charge in [0.2, 0.25) is 0 Å². The summed E-state index contributed by atoms with van der Waals surface area (Å²) in [5, 5.41) is 2.49. The monoisotopic (exact) mass is 279 g/mol. The first-order chi connectivity index (χ1) is 8.30. The fourth-order valence-electron chi connectivity index (χ4n) is 1.71. The van der Waals surface area contributed by atoms with Gasteiger partial charge in [0.15, 0.2) is 0 Å². The van der Waals surface area contributed by atoms with Gasteiger partial charge in [-0.1, -0.05) is 30.3 Å². The second-order valence-electron chi connectivity index (χ2n) is 4.19. The van der Waals surface area contributed by atoms with Crippen LogP contribution in [0.1, 0.15) is 18.5 Å². The Morgan fingerprint density at radius 1 is 1.28 bits per heavy atom. The molecule has 0 spiro atoms. The van der Waals surface area contributed by atoms with Gasteiger partial charge >= 0.3 is 6.18 Å². The molecule has 6 heteroatoms. The molecule has 0 aliphatic rings. The summed E-state index contributed by atoms with van der Waals surface area (Å²) in [5.41, 5.74) is 0.165.